The Bertz CT molecular complexity index is 233. The first-order valence-corrected chi connectivity index (χ1v) is 5.37. The van der Waals surface area contributed by atoms with Crippen LogP contribution >= 0.6 is 0 Å². The molecular weight excluding hydrogens is 212 g/mol. The monoisotopic (exact) mass is 232 g/mol. The van der Waals surface area contributed by atoms with Crippen LogP contribution in [0.5, 0.6) is 0 Å². The van der Waals surface area contributed by atoms with E-state index < -0.39 is 24.0 Å². The summed E-state index contributed by atoms with van der Waals surface area (Å²) in [5.41, 5.74) is 4.88. The van der Waals surface area contributed by atoms with Crippen LogP contribution < -0.4 is 5.73 Å². The SMILES string of the molecule is CCC(O)CN(CC(O)CC)C(=O)C(N)=O. The van der Waals surface area contributed by atoms with Gasteiger partial charge in [0.2, 0.25) is 0 Å². The van der Waals surface area contributed by atoms with Crippen molar-refractivity contribution in [1.29, 1.82) is 0 Å². The molecule has 0 aliphatic carbocycles. The number of carbonyl (C=O) groups is 2. The second kappa shape index (κ2) is 7.19. The number of nitrogens with zero attached hydrogens (tertiary/aromatic N) is 1. The molecule has 0 aromatic rings. The maximum atomic E-state index is 11.4. The molecule has 0 fully saturated rings. The summed E-state index contributed by atoms with van der Waals surface area (Å²) in [4.78, 5) is 23.2. The van der Waals surface area contributed by atoms with E-state index in [2.05, 4.69) is 0 Å². The number of aliphatic hydroxyl groups is 2. The minimum Gasteiger partial charge on any atom is -0.391 e. The smallest absolute Gasteiger partial charge is 0.311 e. The molecule has 0 aromatic heterocycles. The quantitative estimate of drug-likeness (QED) is 0.502. The van der Waals surface area contributed by atoms with E-state index in [4.69, 9.17) is 5.73 Å². The highest BCUT2D eigenvalue weighted by molar-refractivity contribution is 6.34. The molecule has 2 unspecified atom stereocenters. The lowest BCUT2D eigenvalue weighted by molar-refractivity contribution is -0.146. The number of primary amides is 1. The summed E-state index contributed by atoms with van der Waals surface area (Å²) in [5.74, 6) is -1.95. The summed E-state index contributed by atoms with van der Waals surface area (Å²) in [5, 5.41) is 18.8. The highest BCUT2D eigenvalue weighted by Gasteiger charge is 2.23. The van der Waals surface area contributed by atoms with E-state index in [0.29, 0.717) is 12.8 Å². The van der Waals surface area contributed by atoms with Crippen molar-refractivity contribution in [3.63, 3.8) is 0 Å². The Hall–Kier alpha value is -1.14. The molecule has 94 valence electrons. The molecule has 6 heteroatoms. The van der Waals surface area contributed by atoms with Crippen LogP contribution in [-0.2, 0) is 9.59 Å². The van der Waals surface area contributed by atoms with Crippen molar-refractivity contribution in [2.75, 3.05) is 13.1 Å². The molecule has 0 heterocycles. The molecule has 0 saturated heterocycles. The molecule has 0 spiro atoms. The second-order valence-corrected chi connectivity index (χ2v) is 3.70. The number of nitrogens with two attached hydrogens (primary N) is 1. The minimum absolute atomic E-state index is 0.00926. The van der Waals surface area contributed by atoms with Crippen LogP contribution in [0, 0.1) is 0 Å². The Morgan fingerprint density at radius 2 is 1.50 bits per heavy atom. The summed E-state index contributed by atoms with van der Waals surface area (Å²) >= 11 is 0. The molecule has 0 radical (unpaired) electrons. The van der Waals surface area contributed by atoms with Crippen molar-refractivity contribution in [3.05, 3.63) is 0 Å². The standard InChI is InChI=1S/C10H20N2O4/c1-3-7(13)5-12(6-8(14)4-2)10(16)9(11)15/h7-8,13-14H,3-6H2,1-2H3,(H2,11,15). The van der Waals surface area contributed by atoms with E-state index in [1.807, 2.05) is 0 Å². The van der Waals surface area contributed by atoms with Crippen LogP contribution in [-0.4, -0.2) is 52.2 Å². The molecule has 2 atom stereocenters. The first kappa shape index (κ1) is 14.9. The van der Waals surface area contributed by atoms with Gasteiger partial charge in [-0.15, -0.1) is 0 Å². The molecule has 0 rings (SSSR count). The zero-order chi connectivity index (χ0) is 12.7. The van der Waals surface area contributed by atoms with Gasteiger partial charge in [-0.2, -0.15) is 0 Å². The number of carbonyl (C=O) groups excluding carboxylic acids is 2. The van der Waals surface area contributed by atoms with E-state index in [1.54, 1.807) is 13.8 Å². The van der Waals surface area contributed by atoms with Gasteiger partial charge in [-0.25, -0.2) is 0 Å². The third-order valence-electron chi connectivity index (χ3n) is 2.30. The predicted molar refractivity (Wildman–Crippen MR) is 58.4 cm³/mol. The maximum Gasteiger partial charge on any atom is 0.311 e. The number of hydrogen-bond acceptors (Lipinski definition) is 4. The fourth-order valence-corrected chi connectivity index (χ4v) is 1.16. The molecule has 4 N–H and O–H groups in total. The van der Waals surface area contributed by atoms with Crippen LogP contribution in [0.15, 0.2) is 0 Å². The van der Waals surface area contributed by atoms with Gasteiger partial charge in [0.1, 0.15) is 0 Å². The number of rotatable bonds is 6. The highest BCUT2D eigenvalue weighted by Crippen LogP contribution is 2.01. The molecular formula is C10H20N2O4. The minimum atomic E-state index is -1.08. The highest BCUT2D eigenvalue weighted by atomic mass is 16.3. The maximum absolute atomic E-state index is 11.4. The van der Waals surface area contributed by atoms with Crippen LogP contribution in [0.3, 0.4) is 0 Å². The van der Waals surface area contributed by atoms with E-state index in [9.17, 15) is 19.8 Å². The summed E-state index contributed by atoms with van der Waals surface area (Å²) in [6.07, 6.45) is -0.505. The molecule has 0 bridgehead atoms. The van der Waals surface area contributed by atoms with Gasteiger partial charge in [-0.05, 0) is 12.8 Å². The van der Waals surface area contributed by atoms with Gasteiger partial charge in [-0.1, -0.05) is 13.8 Å². The number of hydrogen-bond donors (Lipinski definition) is 3. The summed E-state index contributed by atoms with van der Waals surface area (Å²) in [7, 11) is 0. The largest absolute Gasteiger partial charge is 0.391 e. The van der Waals surface area contributed by atoms with Crippen molar-refractivity contribution < 1.29 is 19.8 Å². The van der Waals surface area contributed by atoms with Gasteiger partial charge < -0.3 is 20.8 Å². The Labute approximate surface area is 95.0 Å². The summed E-state index contributed by atoms with van der Waals surface area (Å²) in [6.45, 7) is 3.53. The van der Waals surface area contributed by atoms with Crippen molar-refractivity contribution in [1.82, 2.24) is 4.90 Å². The third-order valence-corrected chi connectivity index (χ3v) is 2.30. The number of amides is 2. The average Bonchev–Trinajstić information content (AvgIpc) is 2.26. The zero-order valence-electron chi connectivity index (χ0n) is 9.72. The van der Waals surface area contributed by atoms with Crippen LogP contribution in [0.2, 0.25) is 0 Å². The fourth-order valence-electron chi connectivity index (χ4n) is 1.16. The van der Waals surface area contributed by atoms with E-state index >= 15 is 0 Å². The molecule has 0 aliphatic heterocycles. The topological polar surface area (TPSA) is 104 Å². The van der Waals surface area contributed by atoms with Crippen LogP contribution in [0.4, 0.5) is 0 Å². The summed E-state index contributed by atoms with van der Waals surface area (Å²) < 4.78 is 0. The lowest BCUT2D eigenvalue weighted by Crippen LogP contribution is -2.47. The molecule has 0 aliphatic rings. The third kappa shape index (κ3) is 5.09. The normalized spacial score (nSPS) is 14.2. The molecule has 0 saturated carbocycles. The van der Waals surface area contributed by atoms with Crippen molar-refractivity contribution in [2.24, 2.45) is 5.73 Å². The lowest BCUT2D eigenvalue weighted by atomic mass is 10.2. The van der Waals surface area contributed by atoms with E-state index in [1.165, 1.54) is 0 Å². The Morgan fingerprint density at radius 1 is 1.12 bits per heavy atom. The second-order valence-electron chi connectivity index (χ2n) is 3.70. The summed E-state index contributed by atoms with van der Waals surface area (Å²) in [6, 6.07) is 0. The Morgan fingerprint density at radius 3 is 1.75 bits per heavy atom. The average molecular weight is 232 g/mol. The first-order valence-electron chi connectivity index (χ1n) is 5.37. The molecule has 2 amide bonds. The molecule has 16 heavy (non-hydrogen) atoms. The Kier molecular flexibility index (Phi) is 6.67. The van der Waals surface area contributed by atoms with Gasteiger partial charge in [0.15, 0.2) is 0 Å². The van der Waals surface area contributed by atoms with Gasteiger partial charge in [-0.3, -0.25) is 9.59 Å². The fraction of sp³-hybridized carbons (Fsp3) is 0.800. The van der Waals surface area contributed by atoms with Gasteiger partial charge in [0.05, 0.1) is 12.2 Å². The van der Waals surface area contributed by atoms with Gasteiger partial charge in [0, 0.05) is 13.1 Å². The first-order chi connectivity index (χ1) is 7.42. The van der Waals surface area contributed by atoms with E-state index in [-0.39, 0.29) is 13.1 Å². The molecule has 6 nitrogen and oxygen atoms in total. The van der Waals surface area contributed by atoms with Gasteiger partial charge in [0.25, 0.3) is 0 Å². The van der Waals surface area contributed by atoms with Crippen molar-refractivity contribution in [3.8, 4) is 0 Å². The van der Waals surface area contributed by atoms with Crippen LogP contribution in [0.25, 0.3) is 0 Å². The van der Waals surface area contributed by atoms with Crippen molar-refractivity contribution in [2.45, 2.75) is 38.9 Å². The van der Waals surface area contributed by atoms with Crippen LogP contribution in [0.1, 0.15) is 26.7 Å². The van der Waals surface area contributed by atoms with Crippen molar-refractivity contribution >= 4 is 11.8 Å². The number of aliphatic hydroxyl groups excluding tert-OH is 2. The molecule has 0 aromatic carbocycles. The predicted octanol–water partition coefficient (Wildman–Crippen LogP) is -1.16. The zero-order valence-corrected chi connectivity index (χ0v) is 9.72. The van der Waals surface area contributed by atoms with E-state index in [0.717, 1.165) is 4.90 Å². The van der Waals surface area contributed by atoms with Gasteiger partial charge >= 0.3 is 11.8 Å². The Balaban J connectivity index is 4.50. The lowest BCUT2D eigenvalue weighted by Gasteiger charge is -2.25.